The van der Waals surface area contributed by atoms with E-state index in [1.54, 1.807) is 19.1 Å². The van der Waals surface area contributed by atoms with Gasteiger partial charge in [0.15, 0.2) is 0 Å². The zero-order valence-electron chi connectivity index (χ0n) is 9.51. The molecule has 1 aromatic carbocycles. The van der Waals surface area contributed by atoms with E-state index >= 15 is 0 Å². The van der Waals surface area contributed by atoms with Crippen molar-refractivity contribution in [1.82, 2.24) is 4.31 Å². The maximum Gasteiger partial charge on any atom is 0.242 e. The number of rotatable bonds is 3. The van der Waals surface area contributed by atoms with Gasteiger partial charge in [-0.15, -0.1) is 0 Å². The lowest BCUT2D eigenvalue weighted by atomic mass is 10.0. The van der Waals surface area contributed by atoms with Crippen LogP contribution in [-0.4, -0.2) is 26.8 Å². The van der Waals surface area contributed by atoms with Crippen molar-refractivity contribution >= 4 is 10.0 Å². The summed E-state index contributed by atoms with van der Waals surface area (Å²) in [5, 5.41) is 8.73. The van der Waals surface area contributed by atoms with E-state index in [2.05, 4.69) is 6.07 Å². The van der Waals surface area contributed by atoms with E-state index in [4.69, 9.17) is 5.26 Å². The lowest BCUT2D eigenvalue weighted by Gasteiger charge is -2.11. The molecule has 0 fully saturated rings. The molecular formula is C11H14N2O2S. The van der Waals surface area contributed by atoms with Crippen LogP contribution >= 0.6 is 0 Å². The highest BCUT2D eigenvalue weighted by Gasteiger charge is 2.17. The highest BCUT2D eigenvalue weighted by atomic mass is 32.2. The van der Waals surface area contributed by atoms with Crippen molar-refractivity contribution in [3.05, 3.63) is 29.8 Å². The lowest BCUT2D eigenvalue weighted by molar-refractivity contribution is 0.520. The summed E-state index contributed by atoms with van der Waals surface area (Å²) in [6, 6.07) is 8.50. The molecule has 0 radical (unpaired) electrons. The highest BCUT2D eigenvalue weighted by molar-refractivity contribution is 7.89. The molecule has 0 aliphatic carbocycles. The third-order valence-corrected chi connectivity index (χ3v) is 4.18. The Bertz CT molecular complexity index is 498. The second kappa shape index (κ2) is 4.64. The van der Waals surface area contributed by atoms with Crippen molar-refractivity contribution in [2.75, 3.05) is 14.1 Å². The molecular weight excluding hydrogens is 224 g/mol. The van der Waals surface area contributed by atoms with Crippen LogP contribution in [-0.2, 0) is 10.0 Å². The molecule has 0 spiro atoms. The first-order chi connectivity index (χ1) is 7.39. The van der Waals surface area contributed by atoms with E-state index in [1.807, 2.05) is 0 Å². The molecule has 86 valence electrons. The quantitative estimate of drug-likeness (QED) is 0.803. The third kappa shape index (κ3) is 2.40. The molecule has 1 atom stereocenters. The molecule has 5 heteroatoms. The van der Waals surface area contributed by atoms with Crippen LogP contribution in [0.25, 0.3) is 0 Å². The molecule has 0 amide bonds. The second-order valence-corrected chi connectivity index (χ2v) is 5.86. The number of benzene rings is 1. The van der Waals surface area contributed by atoms with Crippen LogP contribution in [0.3, 0.4) is 0 Å². The van der Waals surface area contributed by atoms with Crippen molar-refractivity contribution < 1.29 is 8.42 Å². The molecule has 16 heavy (non-hydrogen) atoms. The van der Waals surface area contributed by atoms with Gasteiger partial charge in [-0.3, -0.25) is 0 Å². The summed E-state index contributed by atoms with van der Waals surface area (Å²) in [4.78, 5) is 0.242. The number of hydrogen-bond acceptors (Lipinski definition) is 3. The zero-order valence-corrected chi connectivity index (χ0v) is 10.3. The van der Waals surface area contributed by atoms with Gasteiger partial charge in [-0.1, -0.05) is 12.1 Å². The van der Waals surface area contributed by atoms with E-state index in [0.717, 1.165) is 9.87 Å². The van der Waals surface area contributed by atoms with Crippen LogP contribution < -0.4 is 0 Å². The van der Waals surface area contributed by atoms with E-state index < -0.39 is 10.0 Å². The number of hydrogen-bond donors (Lipinski definition) is 0. The first kappa shape index (κ1) is 12.7. The van der Waals surface area contributed by atoms with Crippen LogP contribution in [0.15, 0.2) is 29.2 Å². The van der Waals surface area contributed by atoms with Crippen molar-refractivity contribution in [3.63, 3.8) is 0 Å². The Labute approximate surface area is 96.2 Å². The Balaban J connectivity index is 3.11. The SMILES string of the molecule is CC(C#N)c1ccc(S(=O)(=O)N(C)C)cc1. The molecule has 1 unspecified atom stereocenters. The molecule has 0 aromatic heterocycles. The van der Waals surface area contributed by atoms with Crippen molar-refractivity contribution in [2.24, 2.45) is 0 Å². The fourth-order valence-corrected chi connectivity index (χ4v) is 2.12. The van der Waals surface area contributed by atoms with E-state index in [1.165, 1.54) is 26.2 Å². The van der Waals surface area contributed by atoms with Crippen molar-refractivity contribution in [1.29, 1.82) is 5.26 Å². The minimum atomic E-state index is -3.38. The van der Waals surface area contributed by atoms with Gasteiger partial charge < -0.3 is 0 Å². The predicted octanol–water partition coefficient (Wildman–Crippen LogP) is 1.56. The number of sulfonamides is 1. The maximum atomic E-state index is 11.7. The van der Waals surface area contributed by atoms with Crippen molar-refractivity contribution in [3.8, 4) is 6.07 Å². The molecule has 4 nitrogen and oxygen atoms in total. The van der Waals surface area contributed by atoms with Gasteiger partial charge in [-0.2, -0.15) is 5.26 Å². The Morgan fingerprint density at radius 2 is 1.75 bits per heavy atom. The number of nitrogens with zero attached hydrogens (tertiary/aromatic N) is 2. The topological polar surface area (TPSA) is 61.2 Å². The van der Waals surface area contributed by atoms with Gasteiger partial charge in [0.1, 0.15) is 0 Å². The van der Waals surface area contributed by atoms with E-state index in [9.17, 15) is 8.42 Å². The first-order valence-electron chi connectivity index (χ1n) is 4.81. The molecule has 0 saturated heterocycles. The summed E-state index contributed by atoms with van der Waals surface area (Å²) >= 11 is 0. The Morgan fingerprint density at radius 3 is 2.12 bits per heavy atom. The van der Waals surface area contributed by atoms with Gasteiger partial charge in [0, 0.05) is 14.1 Å². The van der Waals surface area contributed by atoms with Crippen LogP contribution in [0.2, 0.25) is 0 Å². The Kier molecular flexibility index (Phi) is 3.68. The summed E-state index contributed by atoms with van der Waals surface area (Å²) in [6.07, 6.45) is 0. The molecule has 0 bridgehead atoms. The summed E-state index contributed by atoms with van der Waals surface area (Å²) in [5.74, 6) is -0.226. The molecule has 1 rings (SSSR count). The standard InChI is InChI=1S/C11H14N2O2S/c1-9(8-12)10-4-6-11(7-5-10)16(14,15)13(2)3/h4-7,9H,1-3H3. The average molecular weight is 238 g/mol. The lowest BCUT2D eigenvalue weighted by Crippen LogP contribution is -2.22. The van der Waals surface area contributed by atoms with Crippen LogP contribution in [0.4, 0.5) is 0 Å². The van der Waals surface area contributed by atoms with E-state index in [0.29, 0.717) is 0 Å². The molecule has 0 saturated carbocycles. The summed E-state index contributed by atoms with van der Waals surface area (Å²) in [5.41, 5.74) is 0.820. The van der Waals surface area contributed by atoms with Crippen LogP contribution in [0.1, 0.15) is 18.4 Å². The minimum Gasteiger partial charge on any atom is -0.207 e. The summed E-state index contributed by atoms with van der Waals surface area (Å²) in [6.45, 7) is 1.77. The Morgan fingerprint density at radius 1 is 1.25 bits per heavy atom. The maximum absolute atomic E-state index is 11.7. The molecule has 0 aliphatic heterocycles. The van der Waals surface area contributed by atoms with Crippen molar-refractivity contribution in [2.45, 2.75) is 17.7 Å². The van der Waals surface area contributed by atoms with Crippen LogP contribution in [0.5, 0.6) is 0 Å². The Hall–Kier alpha value is -1.38. The normalized spacial score (nSPS) is 13.4. The zero-order chi connectivity index (χ0) is 12.3. The molecule has 0 heterocycles. The highest BCUT2D eigenvalue weighted by Crippen LogP contribution is 2.18. The summed E-state index contributed by atoms with van der Waals surface area (Å²) < 4.78 is 24.6. The van der Waals surface area contributed by atoms with Gasteiger partial charge in [0.05, 0.1) is 16.9 Å². The fourth-order valence-electron chi connectivity index (χ4n) is 1.21. The minimum absolute atomic E-state index is 0.226. The van der Waals surface area contributed by atoms with Gasteiger partial charge in [0.25, 0.3) is 0 Å². The number of nitriles is 1. The molecule has 0 aliphatic rings. The monoisotopic (exact) mass is 238 g/mol. The first-order valence-corrected chi connectivity index (χ1v) is 6.25. The fraction of sp³-hybridized carbons (Fsp3) is 0.364. The molecule has 0 N–H and O–H groups in total. The summed E-state index contributed by atoms with van der Waals surface area (Å²) in [7, 11) is -0.401. The average Bonchev–Trinajstić information content (AvgIpc) is 2.28. The third-order valence-electron chi connectivity index (χ3n) is 2.35. The van der Waals surface area contributed by atoms with Gasteiger partial charge in [-0.25, -0.2) is 12.7 Å². The second-order valence-electron chi connectivity index (χ2n) is 3.71. The smallest absolute Gasteiger partial charge is 0.207 e. The van der Waals surface area contributed by atoms with Gasteiger partial charge in [0.2, 0.25) is 10.0 Å². The van der Waals surface area contributed by atoms with E-state index in [-0.39, 0.29) is 10.8 Å². The largest absolute Gasteiger partial charge is 0.242 e. The predicted molar refractivity (Wildman–Crippen MR) is 61.3 cm³/mol. The molecule has 1 aromatic rings. The van der Waals surface area contributed by atoms with Crippen LogP contribution in [0, 0.1) is 11.3 Å². The van der Waals surface area contributed by atoms with Gasteiger partial charge in [-0.05, 0) is 24.6 Å². The van der Waals surface area contributed by atoms with Gasteiger partial charge >= 0.3 is 0 Å².